The number of sulfonamides is 1. The van der Waals surface area contributed by atoms with Gasteiger partial charge in [0.2, 0.25) is 0 Å². The molecular weight excluding hydrogens is 648 g/mol. The van der Waals surface area contributed by atoms with Gasteiger partial charge >= 0.3 is 0 Å². The van der Waals surface area contributed by atoms with Gasteiger partial charge < -0.3 is 24.4 Å². The summed E-state index contributed by atoms with van der Waals surface area (Å²) in [7, 11) is -0.965. The first-order valence-corrected chi connectivity index (χ1v) is 16.3. The number of nitrogens with one attached hydrogen (secondary N) is 1. The van der Waals surface area contributed by atoms with E-state index in [0.29, 0.717) is 46.0 Å². The summed E-state index contributed by atoms with van der Waals surface area (Å²) >= 11 is 12.5. The fraction of sp³-hybridized carbons (Fsp3) is 0.207. The predicted octanol–water partition coefficient (Wildman–Crippen LogP) is 6.49. The minimum Gasteiger partial charge on any atom is -0.493 e. The smallest absolute Gasteiger partial charge is 0.270 e. The van der Waals surface area contributed by atoms with Crippen LogP contribution in [0.1, 0.15) is 0 Å². The summed E-state index contributed by atoms with van der Waals surface area (Å²) < 4.78 is 46.1. The van der Waals surface area contributed by atoms with Crippen LogP contribution in [0, 0.1) is 10.1 Å². The number of nitro benzene ring substituents is 1. The Bertz CT molecular complexity index is 1790. The number of non-ortho nitro benzene ring substituents is 1. The molecule has 1 saturated heterocycles. The summed E-state index contributed by atoms with van der Waals surface area (Å²) in [6.45, 7) is 1.16. The summed E-state index contributed by atoms with van der Waals surface area (Å²) in [5, 5.41) is 17.6. The van der Waals surface area contributed by atoms with Crippen LogP contribution in [0.3, 0.4) is 0 Å². The first-order chi connectivity index (χ1) is 21.1. The van der Waals surface area contributed by atoms with E-state index in [-0.39, 0.29) is 34.3 Å². The van der Waals surface area contributed by atoms with E-state index in [0.717, 1.165) is 17.0 Å². The third-order valence-electron chi connectivity index (χ3n) is 6.87. The zero-order valence-electron chi connectivity index (χ0n) is 23.6. The molecule has 0 radical (unpaired) electrons. The Hall–Kier alpha value is -3.95. The number of thiophene rings is 1. The lowest BCUT2D eigenvalue weighted by atomic mass is 10.1. The van der Waals surface area contributed by atoms with Crippen molar-refractivity contribution in [3.8, 4) is 34.1 Å². The van der Waals surface area contributed by atoms with Gasteiger partial charge in [0.05, 0.1) is 19.1 Å². The fourth-order valence-electron chi connectivity index (χ4n) is 4.62. The van der Waals surface area contributed by atoms with E-state index in [1.54, 1.807) is 41.8 Å². The molecule has 0 aliphatic carbocycles. The highest BCUT2D eigenvalue weighted by Gasteiger charge is 2.33. The van der Waals surface area contributed by atoms with Gasteiger partial charge in [-0.25, -0.2) is 8.42 Å². The number of ether oxygens (including phenoxy) is 3. The number of nitrogens with zero attached hydrogens (tertiary/aromatic N) is 3. The number of nitro groups is 1. The molecule has 0 bridgehead atoms. The van der Waals surface area contributed by atoms with Gasteiger partial charge in [-0.1, -0.05) is 11.6 Å². The van der Waals surface area contributed by atoms with Crippen molar-refractivity contribution in [2.45, 2.75) is 4.21 Å². The van der Waals surface area contributed by atoms with E-state index >= 15 is 0 Å². The Balaban J connectivity index is 1.39. The minimum atomic E-state index is -3.97. The topological polar surface area (TPSA) is 123 Å². The van der Waals surface area contributed by atoms with Crippen molar-refractivity contribution in [3.05, 3.63) is 87.2 Å². The third kappa shape index (κ3) is 6.74. The Kier molecular flexibility index (Phi) is 9.56. The van der Waals surface area contributed by atoms with Crippen LogP contribution in [0.5, 0.6) is 23.0 Å². The zero-order chi connectivity index (χ0) is 31.4. The maximum absolute atomic E-state index is 13.9. The van der Waals surface area contributed by atoms with Gasteiger partial charge in [0.1, 0.15) is 15.7 Å². The largest absolute Gasteiger partial charge is 0.493 e. The third-order valence-corrected chi connectivity index (χ3v) is 10.8. The number of hydrogen-bond donors (Lipinski definition) is 1. The highest BCUT2D eigenvalue weighted by molar-refractivity contribution is 7.91. The SMILES string of the molecule is COc1ccc(Oc2ccc([N+](=O)[O-])cc2-c2ccsc2S(=O)(=O)N2CCN(C(=S)Nc3ccc(Cl)cc3)CC2)cc1OC. The number of halogens is 1. The number of piperazine rings is 1. The van der Waals surface area contributed by atoms with Crippen LogP contribution in [0.2, 0.25) is 5.02 Å². The van der Waals surface area contributed by atoms with Gasteiger partial charge in [-0.3, -0.25) is 10.1 Å². The number of methoxy groups -OCH3 is 2. The van der Waals surface area contributed by atoms with Crippen molar-refractivity contribution in [3.63, 3.8) is 0 Å². The second-order valence-corrected chi connectivity index (χ2v) is 13.4. The first-order valence-electron chi connectivity index (χ1n) is 13.2. The molecule has 5 rings (SSSR count). The molecule has 0 saturated carbocycles. The monoisotopic (exact) mass is 674 g/mol. The summed E-state index contributed by atoms with van der Waals surface area (Å²) in [4.78, 5) is 13.0. The number of benzene rings is 3. The lowest BCUT2D eigenvalue weighted by Gasteiger charge is -2.35. The van der Waals surface area contributed by atoms with Crippen LogP contribution in [-0.4, -0.2) is 68.1 Å². The fourth-order valence-corrected chi connectivity index (χ4v) is 7.98. The van der Waals surface area contributed by atoms with Crippen LogP contribution < -0.4 is 19.5 Å². The Morgan fingerprint density at radius 2 is 1.61 bits per heavy atom. The van der Waals surface area contributed by atoms with Gasteiger partial charge in [0.15, 0.2) is 16.6 Å². The molecule has 1 fully saturated rings. The van der Waals surface area contributed by atoms with E-state index in [1.165, 1.54) is 36.7 Å². The molecule has 2 heterocycles. The maximum atomic E-state index is 13.9. The second-order valence-electron chi connectivity index (χ2n) is 9.51. The number of rotatable bonds is 9. The van der Waals surface area contributed by atoms with E-state index in [4.69, 9.17) is 38.0 Å². The molecule has 11 nitrogen and oxygen atoms in total. The van der Waals surface area contributed by atoms with Crippen molar-refractivity contribution in [1.29, 1.82) is 0 Å². The highest BCUT2D eigenvalue weighted by atomic mass is 35.5. The summed E-state index contributed by atoms with van der Waals surface area (Å²) in [6, 6.07) is 17.7. The van der Waals surface area contributed by atoms with Crippen LogP contribution >= 0.6 is 35.2 Å². The molecule has 1 aromatic heterocycles. The molecule has 1 aliphatic heterocycles. The van der Waals surface area contributed by atoms with Crippen LogP contribution in [0.25, 0.3) is 11.1 Å². The molecule has 1 N–H and O–H groups in total. The van der Waals surface area contributed by atoms with Gasteiger partial charge in [0, 0.05) is 66.2 Å². The van der Waals surface area contributed by atoms with Crippen molar-refractivity contribution in [2.75, 3.05) is 45.7 Å². The number of hydrogen-bond acceptors (Lipinski definition) is 9. The number of anilines is 1. The van der Waals surface area contributed by atoms with Crippen molar-refractivity contribution < 1.29 is 27.6 Å². The molecule has 1 aliphatic rings. The van der Waals surface area contributed by atoms with E-state index in [9.17, 15) is 18.5 Å². The standard InChI is InChI=1S/C29H27ClN4O7S3/c1-39-26-10-8-22(18-27(26)40-2)41-25-9-7-21(34(35)36)17-24(25)23-11-16-43-28(23)44(37,38)33-14-12-32(13-15-33)29(42)31-20-5-3-19(30)4-6-20/h3-11,16-18H,12-15H2,1-2H3,(H,31,42). The van der Waals surface area contributed by atoms with Crippen LogP contribution in [0.15, 0.2) is 76.3 Å². The summed E-state index contributed by atoms with van der Waals surface area (Å²) in [5.41, 5.74) is 1.14. The molecule has 0 unspecified atom stereocenters. The molecule has 15 heteroatoms. The molecule has 44 heavy (non-hydrogen) atoms. The normalized spacial score (nSPS) is 13.8. The summed E-state index contributed by atoms with van der Waals surface area (Å²) in [6.07, 6.45) is 0. The van der Waals surface area contributed by atoms with Gasteiger partial charge in [-0.2, -0.15) is 4.31 Å². The number of thiocarbonyl (C=S) groups is 1. The van der Waals surface area contributed by atoms with Crippen molar-refractivity contribution >= 4 is 61.7 Å². The average Bonchev–Trinajstić information content (AvgIpc) is 3.53. The van der Waals surface area contributed by atoms with Crippen molar-refractivity contribution in [1.82, 2.24) is 9.21 Å². The first kappa shape index (κ1) is 31.5. The van der Waals surface area contributed by atoms with E-state index < -0.39 is 14.9 Å². The minimum absolute atomic E-state index is 0.0606. The van der Waals surface area contributed by atoms with E-state index in [2.05, 4.69) is 5.32 Å². The highest BCUT2D eigenvalue weighted by Crippen LogP contribution is 2.43. The lowest BCUT2D eigenvalue weighted by Crippen LogP contribution is -2.51. The predicted molar refractivity (Wildman–Crippen MR) is 174 cm³/mol. The van der Waals surface area contributed by atoms with Crippen LogP contribution in [-0.2, 0) is 10.0 Å². The van der Waals surface area contributed by atoms with Crippen molar-refractivity contribution in [2.24, 2.45) is 0 Å². The Morgan fingerprint density at radius 1 is 0.932 bits per heavy atom. The maximum Gasteiger partial charge on any atom is 0.270 e. The van der Waals surface area contributed by atoms with E-state index in [1.807, 2.05) is 17.0 Å². The molecule has 230 valence electrons. The quantitative estimate of drug-likeness (QED) is 0.120. The van der Waals surface area contributed by atoms with Gasteiger partial charge in [0.25, 0.3) is 15.7 Å². The summed E-state index contributed by atoms with van der Waals surface area (Å²) in [5.74, 6) is 1.53. The van der Waals surface area contributed by atoms with Crippen LogP contribution in [0.4, 0.5) is 11.4 Å². The van der Waals surface area contributed by atoms with Gasteiger partial charge in [-0.15, -0.1) is 11.3 Å². The zero-order valence-corrected chi connectivity index (χ0v) is 26.8. The Labute approximate surface area is 268 Å². The molecule has 3 aromatic carbocycles. The second kappa shape index (κ2) is 13.4. The molecular formula is C29H27ClN4O7S3. The molecule has 4 aromatic rings. The molecule has 0 spiro atoms. The van der Waals surface area contributed by atoms with Gasteiger partial charge in [-0.05, 0) is 66.1 Å². The molecule has 0 atom stereocenters. The molecule has 0 amide bonds. The average molecular weight is 675 g/mol. The lowest BCUT2D eigenvalue weighted by molar-refractivity contribution is -0.384. The Morgan fingerprint density at radius 3 is 2.27 bits per heavy atom.